The number of para-hydroxylation sites is 1. The van der Waals surface area contributed by atoms with Gasteiger partial charge in [-0.05, 0) is 18.2 Å². The summed E-state index contributed by atoms with van der Waals surface area (Å²) in [7, 11) is 0. The van der Waals surface area contributed by atoms with Crippen LogP contribution in [-0.4, -0.2) is 19.9 Å². The minimum absolute atomic E-state index is 0.658. The fraction of sp³-hybridized carbons (Fsp3) is 0. The van der Waals surface area contributed by atoms with Crippen molar-refractivity contribution in [2.75, 3.05) is 0 Å². The van der Waals surface area contributed by atoms with Gasteiger partial charge in [-0.2, -0.15) is 0 Å². The van der Waals surface area contributed by atoms with Crippen LogP contribution >= 0.6 is 0 Å². The van der Waals surface area contributed by atoms with E-state index in [4.69, 9.17) is 24.4 Å². The number of furan rings is 1. The highest BCUT2D eigenvalue weighted by molar-refractivity contribution is 6.07. The predicted molar refractivity (Wildman–Crippen MR) is 172 cm³/mol. The number of benzene rings is 5. The van der Waals surface area contributed by atoms with Gasteiger partial charge in [0.15, 0.2) is 17.2 Å². The van der Waals surface area contributed by atoms with Crippen LogP contribution in [-0.2, 0) is 0 Å². The molecule has 0 fully saturated rings. The lowest BCUT2D eigenvalue weighted by Crippen LogP contribution is -1.96. The van der Waals surface area contributed by atoms with Crippen LogP contribution in [0.25, 0.3) is 78.6 Å². The van der Waals surface area contributed by atoms with Crippen LogP contribution in [0, 0.1) is 0 Å². The molecule has 0 aliphatic heterocycles. The Morgan fingerprint density at radius 2 is 0.884 bits per heavy atom. The van der Waals surface area contributed by atoms with Crippen molar-refractivity contribution in [3.05, 3.63) is 146 Å². The van der Waals surface area contributed by atoms with E-state index in [0.29, 0.717) is 17.2 Å². The number of hydrogen-bond acceptors (Lipinski definition) is 5. The number of nitrogens with zero attached hydrogens (tertiary/aromatic N) is 4. The second-order valence-electron chi connectivity index (χ2n) is 10.3. The first kappa shape index (κ1) is 24.8. The molecule has 5 aromatic carbocycles. The van der Waals surface area contributed by atoms with Crippen molar-refractivity contribution in [1.82, 2.24) is 19.9 Å². The molecule has 5 nitrogen and oxygen atoms in total. The summed E-state index contributed by atoms with van der Waals surface area (Å²) in [6.45, 7) is 0. The highest BCUT2D eigenvalue weighted by Crippen LogP contribution is 2.36. The molecule has 8 rings (SSSR count). The van der Waals surface area contributed by atoms with E-state index in [1.54, 1.807) is 0 Å². The highest BCUT2D eigenvalue weighted by Gasteiger charge is 2.18. The molecule has 8 aromatic rings. The summed E-state index contributed by atoms with van der Waals surface area (Å²) in [5, 5.41) is 0.967. The third kappa shape index (κ3) is 4.63. The van der Waals surface area contributed by atoms with Crippen LogP contribution in [0.3, 0.4) is 0 Å². The maximum atomic E-state index is 6.32. The zero-order chi connectivity index (χ0) is 28.6. The molecule has 0 unspecified atom stereocenters. The van der Waals surface area contributed by atoms with Crippen LogP contribution in [0.4, 0.5) is 0 Å². The van der Waals surface area contributed by atoms with Crippen molar-refractivity contribution < 1.29 is 4.42 Å². The lowest BCUT2D eigenvalue weighted by Gasteiger charge is -2.10. The van der Waals surface area contributed by atoms with Crippen molar-refractivity contribution in [2.45, 2.75) is 0 Å². The Hall–Kier alpha value is -5.94. The average molecular weight is 553 g/mol. The zero-order valence-electron chi connectivity index (χ0n) is 23.1. The van der Waals surface area contributed by atoms with E-state index in [2.05, 4.69) is 36.4 Å². The highest BCUT2D eigenvalue weighted by atomic mass is 16.3. The zero-order valence-corrected chi connectivity index (χ0v) is 23.1. The molecule has 0 amide bonds. The number of rotatable bonds is 5. The van der Waals surface area contributed by atoms with E-state index in [0.717, 1.165) is 61.4 Å². The lowest BCUT2D eigenvalue weighted by atomic mass is 10.0. The van der Waals surface area contributed by atoms with Crippen LogP contribution in [0.1, 0.15) is 0 Å². The van der Waals surface area contributed by atoms with Gasteiger partial charge in [-0.25, -0.2) is 19.9 Å². The van der Waals surface area contributed by atoms with Gasteiger partial charge in [0.1, 0.15) is 16.8 Å². The van der Waals surface area contributed by atoms with Crippen molar-refractivity contribution >= 4 is 22.1 Å². The van der Waals surface area contributed by atoms with Crippen molar-refractivity contribution in [3.63, 3.8) is 0 Å². The third-order valence-corrected chi connectivity index (χ3v) is 7.53. The second-order valence-corrected chi connectivity index (χ2v) is 10.3. The SMILES string of the molecule is c1ccc(-c2cc(-c3ccccc3)nc(-c3ccc(-c4nc(-c5ccccc5)nc5c4oc4ccccc45)cc3)n2)cc1. The molecule has 0 aliphatic rings. The molecule has 3 aromatic heterocycles. The largest absolute Gasteiger partial charge is 0.452 e. The molecular weight excluding hydrogens is 528 g/mol. The molecule has 0 saturated carbocycles. The van der Waals surface area contributed by atoms with Gasteiger partial charge in [0.05, 0.1) is 11.4 Å². The summed E-state index contributed by atoms with van der Waals surface area (Å²) < 4.78 is 6.32. The summed E-state index contributed by atoms with van der Waals surface area (Å²) in [5.74, 6) is 1.32. The first-order valence-corrected chi connectivity index (χ1v) is 14.2. The van der Waals surface area contributed by atoms with Gasteiger partial charge in [-0.1, -0.05) is 127 Å². The van der Waals surface area contributed by atoms with Crippen LogP contribution in [0.15, 0.2) is 150 Å². The summed E-state index contributed by atoms with van der Waals surface area (Å²) in [5.41, 5.74) is 9.63. The molecule has 0 saturated heterocycles. The Balaban J connectivity index is 1.27. The Bertz CT molecular complexity index is 2150. The van der Waals surface area contributed by atoms with E-state index in [-0.39, 0.29) is 0 Å². The van der Waals surface area contributed by atoms with Gasteiger partial charge < -0.3 is 4.42 Å². The molecule has 0 bridgehead atoms. The molecule has 0 aliphatic carbocycles. The Morgan fingerprint density at radius 1 is 0.395 bits per heavy atom. The molecule has 0 N–H and O–H groups in total. The molecule has 0 radical (unpaired) electrons. The predicted octanol–water partition coefficient (Wildman–Crippen LogP) is 9.50. The Labute approximate surface area is 248 Å². The van der Waals surface area contributed by atoms with Crippen molar-refractivity contribution in [3.8, 4) is 56.5 Å². The van der Waals surface area contributed by atoms with Gasteiger partial charge >= 0.3 is 0 Å². The summed E-state index contributed by atoms with van der Waals surface area (Å²) in [6, 6.07) is 48.7. The monoisotopic (exact) mass is 552 g/mol. The fourth-order valence-electron chi connectivity index (χ4n) is 5.37. The maximum absolute atomic E-state index is 6.32. The first-order chi connectivity index (χ1) is 21.3. The quantitative estimate of drug-likeness (QED) is 0.213. The van der Waals surface area contributed by atoms with Gasteiger partial charge in [-0.15, -0.1) is 0 Å². The van der Waals surface area contributed by atoms with Crippen molar-refractivity contribution in [1.29, 1.82) is 0 Å². The van der Waals surface area contributed by atoms with Crippen molar-refractivity contribution in [2.24, 2.45) is 0 Å². The van der Waals surface area contributed by atoms with E-state index < -0.39 is 0 Å². The summed E-state index contributed by atoms with van der Waals surface area (Å²) >= 11 is 0. The van der Waals surface area contributed by atoms with E-state index in [9.17, 15) is 0 Å². The number of fused-ring (bicyclic) bond motifs is 3. The first-order valence-electron chi connectivity index (χ1n) is 14.2. The molecule has 0 spiro atoms. The van der Waals surface area contributed by atoms with Crippen LogP contribution in [0.5, 0.6) is 0 Å². The van der Waals surface area contributed by atoms with E-state index >= 15 is 0 Å². The number of hydrogen-bond donors (Lipinski definition) is 0. The van der Waals surface area contributed by atoms with E-state index in [1.807, 2.05) is 109 Å². The minimum atomic E-state index is 0.658. The summed E-state index contributed by atoms with van der Waals surface area (Å²) in [4.78, 5) is 19.9. The number of aromatic nitrogens is 4. The fourth-order valence-corrected chi connectivity index (χ4v) is 5.37. The topological polar surface area (TPSA) is 64.7 Å². The van der Waals surface area contributed by atoms with Crippen LogP contribution in [0.2, 0.25) is 0 Å². The standard InChI is InChI=1S/C38H24N4O/c1-4-12-25(13-5-1)31-24-32(26-14-6-2-7-15-26)40-37(39-31)29-22-20-27(21-23-29)34-36-35(30-18-10-11-19-33(30)43-36)42-38(41-34)28-16-8-3-9-17-28/h1-24H. The smallest absolute Gasteiger partial charge is 0.180 e. The molecule has 202 valence electrons. The molecule has 43 heavy (non-hydrogen) atoms. The van der Waals surface area contributed by atoms with Gasteiger partial charge in [0, 0.05) is 33.2 Å². The molecule has 5 heteroatoms. The summed E-state index contributed by atoms with van der Waals surface area (Å²) in [6.07, 6.45) is 0. The van der Waals surface area contributed by atoms with Gasteiger partial charge in [-0.3, -0.25) is 0 Å². The Morgan fingerprint density at radius 3 is 1.51 bits per heavy atom. The average Bonchev–Trinajstić information content (AvgIpc) is 3.48. The van der Waals surface area contributed by atoms with Gasteiger partial charge in [0.2, 0.25) is 0 Å². The second kappa shape index (κ2) is 10.5. The maximum Gasteiger partial charge on any atom is 0.180 e. The molecule has 0 atom stereocenters. The van der Waals surface area contributed by atoms with E-state index in [1.165, 1.54) is 0 Å². The molecule has 3 heterocycles. The lowest BCUT2D eigenvalue weighted by molar-refractivity contribution is 0.667. The normalized spacial score (nSPS) is 11.3. The third-order valence-electron chi connectivity index (χ3n) is 7.53. The Kier molecular flexibility index (Phi) is 6.05. The molecular formula is C38H24N4O. The van der Waals surface area contributed by atoms with Gasteiger partial charge in [0.25, 0.3) is 0 Å². The minimum Gasteiger partial charge on any atom is -0.452 e. The van der Waals surface area contributed by atoms with Crippen LogP contribution < -0.4 is 0 Å².